The van der Waals surface area contributed by atoms with E-state index >= 15 is 0 Å². The molecule has 0 radical (unpaired) electrons. The van der Waals surface area contributed by atoms with E-state index in [2.05, 4.69) is 16.8 Å². The predicted molar refractivity (Wildman–Crippen MR) is 52.6 cm³/mol. The molecule has 66 valence electrons. The normalized spacial score (nSPS) is 17.6. The molecule has 0 unspecified atom stereocenters. The van der Waals surface area contributed by atoms with Crippen LogP contribution in [0.5, 0.6) is 0 Å². The first kappa shape index (κ1) is 15.5. The Bertz CT molecular complexity index is 140. The van der Waals surface area contributed by atoms with Gasteiger partial charge in [0.2, 0.25) is 0 Å². The van der Waals surface area contributed by atoms with Crippen molar-refractivity contribution in [3.63, 3.8) is 0 Å². The molecule has 0 bridgehead atoms. The van der Waals surface area contributed by atoms with Gasteiger partial charge in [0.05, 0.1) is 0 Å². The van der Waals surface area contributed by atoms with E-state index in [0.29, 0.717) is 4.32 Å². The van der Waals surface area contributed by atoms with E-state index in [1.807, 2.05) is 0 Å². The van der Waals surface area contributed by atoms with Gasteiger partial charge in [0.1, 0.15) is 0 Å². The molecular formula is C6H13N2NaOS2. The van der Waals surface area contributed by atoms with Gasteiger partial charge in [0.25, 0.3) is 0 Å². The third kappa shape index (κ3) is 4.91. The number of rotatable bonds is 0. The molecular weight excluding hydrogens is 203 g/mol. The summed E-state index contributed by atoms with van der Waals surface area (Å²) < 4.78 is 0.619. The van der Waals surface area contributed by atoms with Crippen molar-refractivity contribution in [1.29, 1.82) is 0 Å². The molecule has 1 saturated heterocycles. The second kappa shape index (κ2) is 7.44. The van der Waals surface area contributed by atoms with E-state index in [0.717, 1.165) is 26.2 Å². The van der Waals surface area contributed by atoms with Crippen molar-refractivity contribution < 1.29 is 35.0 Å². The van der Waals surface area contributed by atoms with Crippen molar-refractivity contribution in [2.24, 2.45) is 0 Å². The Labute approximate surface area is 106 Å². The van der Waals surface area contributed by atoms with E-state index in [1.54, 1.807) is 0 Å². The van der Waals surface area contributed by atoms with E-state index in [1.165, 1.54) is 0 Å². The Morgan fingerprint density at radius 1 is 1.25 bits per heavy atom. The van der Waals surface area contributed by atoms with Crippen molar-refractivity contribution in [2.45, 2.75) is 0 Å². The second-order valence-corrected chi connectivity index (χ2v) is 3.59. The van der Waals surface area contributed by atoms with Crippen LogP contribution in [0.15, 0.2) is 0 Å². The molecule has 0 saturated carbocycles. The fourth-order valence-electron chi connectivity index (χ4n) is 0.989. The molecule has 0 aromatic rings. The summed E-state index contributed by atoms with van der Waals surface area (Å²) in [5, 5.41) is 0. The molecule has 1 aliphatic rings. The summed E-state index contributed by atoms with van der Waals surface area (Å²) in [7, 11) is 2.11. The molecule has 0 atom stereocenters. The van der Waals surface area contributed by atoms with Crippen LogP contribution >= 0.6 is 12.2 Å². The van der Waals surface area contributed by atoms with Gasteiger partial charge in [-0.05, 0) is 7.05 Å². The first-order chi connectivity index (χ1) is 4.70. The minimum Gasteiger partial charge on any atom is -0.412 e. The van der Waals surface area contributed by atoms with Gasteiger partial charge in [-0.2, -0.15) is 0 Å². The van der Waals surface area contributed by atoms with Crippen molar-refractivity contribution in [1.82, 2.24) is 9.80 Å². The van der Waals surface area contributed by atoms with Crippen LogP contribution in [0.25, 0.3) is 0 Å². The predicted octanol–water partition coefficient (Wildman–Crippen LogP) is -3.76. The molecule has 1 aliphatic heterocycles. The monoisotopic (exact) mass is 216 g/mol. The molecule has 0 aromatic carbocycles. The minimum absolute atomic E-state index is 0. The molecule has 2 N–H and O–H groups in total. The molecule has 3 nitrogen and oxygen atoms in total. The number of piperazine rings is 1. The van der Waals surface area contributed by atoms with E-state index in [-0.39, 0.29) is 35.0 Å². The van der Waals surface area contributed by atoms with Gasteiger partial charge in [0, 0.05) is 26.2 Å². The molecule has 0 spiro atoms. The molecule has 0 aliphatic carbocycles. The number of hydrogen-bond donors (Lipinski definition) is 0. The van der Waals surface area contributed by atoms with Crippen LogP contribution < -0.4 is 29.6 Å². The Hall–Kier alpha value is 1.03. The van der Waals surface area contributed by atoms with Gasteiger partial charge >= 0.3 is 29.6 Å². The maximum absolute atomic E-state index is 4.88. The largest absolute Gasteiger partial charge is 1.00 e. The Morgan fingerprint density at radius 3 is 2.00 bits per heavy atom. The molecule has 1 fully saturated rings. The summed E-state index contributed by atoms with van der Waals surface area (Å²) in [4.78, 5) is 4.36. The zero-order valence-corrected chi connectivity index (χ0v) is 11.2. The summed E-state index contributed by atoms with van der Waals surface area (Å²) in [6.07, 6.45) is 0. The topological polar surface area (TPSA) is 38.0 Å². The zero-order chi connectivity index (χ0) is 7.56. The Kier molecular flexibility index (Phi) is 9.60. The van der Waals surface area contributed by atoms with Gasteiger partial charge in [-0.3, -0.25) is 0 Å². The van der Waals surface area contributed by atoms with Crippen molar-refractivity contribution >= 4 is 29.2 Å². The van der Waals surface area contributed by atoms with Crippen LogP contribution in [0.2, 0.25) is 0 Å². The molecule has 1 rings (SSSR count). The van der Waals surface area contributed by atoms with E-state index < -0.39 is 0 Å². The SMILES string of the molecule is CN1CCN(C(=S)[S-])CC1.O.[Na+]. The average Bonchev–Trinajstić information content (AvgIpc) is 1.88. The summed E-state index contributed by atoms with van der Waals surface area (Å²) in [5.41, 5.74) is 0. The summed E-state index contributed by atoms with van der Waals surface area (Å²) in [6, 6.07) is 0. The molecule has 6 heteroatoms. The van der Waals surface area contributed by atoms with Gasteiger partial charge in [-0.25, -0.2) is 0 Å². The number of nitrogens with zero attached hydrogens (tertiary/aromatic N) is 2. The summed E-state index contributed by atoms with van der Waals surface area (Å²) >= 11 is 9.75. The number of hydrogen-bond acceptors (Lipinski definition) is 3. The van der Waals surface area contributed by atoms with E-state index in [4.69, 9.17) is 24.8 Å². The fourth-order valence-corrected chi connectivity index (χ4v) is 1.35. The number of likely N-dealkylation sites (N-methyl/N-ethyl adjacent to an activating group) is 1. The van der Waals surface area contributed by atoms with E-state index in [9.17, 15) is 0 Å². The van der Waals surface area contributed by atoms with Crippen molar-refractivity contribution in [2.75, 3.05) is 33.2 Å². The minimum atomic E-state index is 0. The van der Waals surface area contributed by atoms with Crippen molar-refractivity contribution in [3.8, 4) is 0 Å². The maximum atomic E-state index is 4.88. The molecule has 12 heavy (non-hydrogen) atoms. The zero-order valence-electron chi connectivity index (χ0n) is 7.54. The maximum Gasteiger partial charge on any atom is 1.00 e. The second-order valence-electron chi connectivity index (χ2n) is 2.56. The van der Waals surface area contributed by atoms with Crippen LogP contribution in [0.1, 0.15) is 0 Å². The smallest absolute Gasteiger partial charge is 0.412 e. The third-order valence-electron chi connectivity index (χ3n) is 1.76. The molecule has 0 aromatic heterocycles. The average molecular weight is 216 g/mol. The quantitative estimate of drug-likeness (QED) is 0.237. The van der Waals surface area contributed by atoms with Crippen LogP contribution in [0.3, 0.4) is 0 Å². The van der Waals surface area contributed by atoms with Gasteiger partial charge in [0.15, 0.2) is 0 Å². The Morgan fingerprint density at radius 2 is 1.67 bits per heavy atom. The van der Waals surface area contributed by atoms with Crippen LogP contribution in [-0.2, 0) is 12.6 Å². The third-order valence-corrected chi connectivity index (χ3v) is 2.28. The van der Waals surface area contributed by atoms with Crippen molar-refractivity contribution in [3.05, 3.63) is 0 Å². The molecule has 0 amide bonds. The van der Waals surface area contributed by atoms with Crippen LogP contribution in [-0.4, -0.2) is 52.8 Å². The number of thiocarbonyl (C=S) groups is 1. The van der Waals surface area contributed by atoms with Crippen LogP contribution in [0.4, 0.5) is 0 Å². The standard InChI is InChI=1S/C6H12N2S2.Na.H2O/c1-7-2-4-8(5-3-7)6(9)10;;/h2-5H2,1H3,(H,9,10);;1H2/q;+1;/p-1. The van der Waals surface area contributed by atoms with Gasteiger partial charge in [-0.1, -0.05) is 4.32 Å². The molecule has 1 heterocycles. The first-order valence-electron chi connectivity index (χ1n) is 3.34. The summed E-state index contributed by atoms with van der Waals surface area (Å²) in [5.74, 6) is 0. The van der Waals surface area contributed by atoms with Gasteiger partial charge < -0.3 is 40.1 Å². The Balaban J connectivity index is 0. The van der Waals surface area contributed by atoms with Gasteiger partial charge in [-0.15, -0.1) is 0 Å². The summed E-state index contributed by atoms with van der Waals surface area (Å²) in [6.45, 7) is 4.16. The van der Waals surface area contributed by atoms with Crippen LogP contribution in [0, 0.1) is 0 Å². The fraction of sp³-hybridized carbons (Fsp3) is 0.833. The first-order valence-corrected chi connectivity index (χ1v) is 4.16.